The Kier molecular flexibility index (Phi) is 4.55. The van der Waals surface area contributed by atoms with Gasteiger partial charge in [-0.15, -0.1) is 5.10 Å². The van der Waals surface area contributed by atoms with Gasteiger partial charge in [-0.05, 0) is 25.0 Å². The van der Waals surface area contributed by atoms with E-state index in [1.807, 2.05) is 0 Å². The predicted octanol–water partition coefficient (Wildman–Crippen LogP) is 1.86. The van der Waals surface area contributed by atoms with Gasteiger partial charge in [0.2, 0.25) is 21.6 Å². The van der Waals surface area contributed by atoms with E-state index >= 15 is 0 Å². The monoisotopic (exact) mass is 373 g/mol. The van der Waals surface area contributed by atoms with Crippen molar-refractivity contribution in [3.05, 3.63) is 40.5 Å². The molecule has 10 heteroatoms. The van der Waals surface area contributed by atoms with Gasteiger partial charge >= 0.3 is 5.22 Å². The average Bonchev–Trinajstić information content (AvgIpc) is 3.26. The molecule has 1 saturated carbocycles. The van der Waals surface area contributed by atoms with Crippen molar-refractivity contribution in [2.45, 2.75) is 30.4 Å². The van der Waals surface area contributed by atoms with Crippen LogP contribution in [0.5, 0.6) is 0 Å². The minimum Gasteiger partial charge on any atom is -0.411 e. The summed E-state index contributed by atoms with van der Waals surface area (Å²) in [7, 11) is -4.06. The molecule has 1 aromatic carbocycles. The second kappa shape index (κ2) is 6.48. The summed E-state index contributed by atoms with van der Waals surface area (Å²) in [5, 5.41) is 8.98. The van der Waals surface area contributed by atoms with Crippen LogP contribution in [0.4, 0.5) is 4.39 Å². The Balaban J connectivity index is 1.72. The average molecular weight is 374 g/mol. The summed E-state index contributed by atoms with van der Waals surface area (Å²) in [5.41, 5.74) is -0.166. The number of nitrogens with zero attached hydrogens (tertiary/aromatic N) is 2. The van der Waals surface area contributed by atoms with Crippen LogP contribution in [0.1, 0.15) is 24.3 Å². The fourth-order valence-electron chi connectivity index (χ4n) is 2.01. The molecule has 0 saturated heterocycles. The highest BCUT2D eigenvalue weighted by atomic mass is 35.5. The van der Waals surface area contributed by atoms with E-state index < -0.39 is 26.6 Å². The van der Waals surface area contributed by atoms with Crippen molar-refractivity contribution in [1.82, 2.24) is 15.5 Å². The third-order valence-electron chi connectivity index (χ3n) is 3.47. The molecular weight excluding hydrogens is 361 g/mol. The lowest BCUT2D eigenvalue weighted by Crippen LogP contribution is -2.24. The molecule has 7 nitrogen and oxygen atoms in total. The zero-order valence-corrected chi connectivity index (χ0v) is 13.9. The van der Waals surface area contributed by atoms with Gasteiger partial charge in [-0.25, -0.2) is 12.8 Å². The Labute approximate surface area is 142 Å². The number of sulfone groups is 1. The molecule has 128 valence electrons. The molecule has 0 radical (unpaired) electrons. The minimum atomic E-state index is -4.06. The summed E-state index contributed by atoms with van der Waals surface area (Å²) < 4.78 is 43.3. The zero-order chi connectivity index (χ0) is 17.3. The maximum atomic E-state index is 13.7. The van der Waals surface area contributed by atoms with E-state index in [0.717, 1.165) is 18.9 Å². The van der Waals surface area contributed by atoms with E-state index in [-0.39, 0.29) is 34.8 Å². The van der Waals surface area contributed by atoms with Gasteiger partial charge in [0.15, 0.2) is 0 Å². The van der Waals surface area contributed by atoms with Crippen LogP contribution in [-0.4, -0.2) is 24.5 Å². The normalized spacial score (nSPS) is 14.6. The Morgan fingerprint density at radius 2 is 2.12 bits per heavy atom. The minimum absolute atomic E-state index is 0.00462. The Hall–Kier alpha value is -2.00. The van der Waals surface area contributed by atoms with Crippen LogP contribution in [0.25, 0.3) is 0 Å². The van der Waals surface area contributed by atoms with Crippen LogP contribution < -0.4 is 5.32 Å². The maximum absolute atomic E-state index is 13.7. The lowest BCUT2D eigenvalue weighted by atomic mass is 10.2. The summed E-state index contributed by atoms with van der Waals surface area (Å²) in [6.07, 6.45) is 1.69. The van der Waals surface area contributed by atoms with Crippen LogP contribution in [0.3, 0.4) is 0 Å². The third kappa shape index (κ3) is 3.73. The number of aromatic nitrogens is 2. The number of benzene rings is 1. The maximum Gasteiger partial charge on any atom is 0.335 e. The fourth-order valence-corrected chi connectivity index (χ4v) is 3.50. The van der Waals surface area contributed by atoms with Crippen molar-refractivity contribution in [3.8, 4) is 0 Å². The summed E-state index contributed by atoms with van der Waals surface area (Å²) in [5.74, 6) is -1.59. The number of amides is 1. The van der Waals surface area contributed by atoms with Crippen molar-refractivity contribution in [2.75, 3.05) is 0 Å². The molecule has 0 spiro atoms. The van der Waals surface area contributed by atoms with E-state index in [9.17, 15) is 17.6 Å². The molecule has 3 rings (SSSR count). The van der Waals surface area contributed by atoms with Gasteiger partial charge < -0.3 is 9.73 Å². The molecule has 2 aromatic rings. The van der Waals surface area contributed by atoms with Gasteiger partial charge in [0, 0.05) is 16.5 Å². The molecule has 1 fully saturated rings. The van der Waals surface area contributed by atoms with Crippen molar-refractivity contribution in [3.63, 3.8) is 0 Å². The zero-order valence-electron chi connectivity index (χ0n) is 12.3. The highest BCUT2D eigenvalue weighted by Crippen LogP contribution is 2.29. The van der Waals surface area contributed by atoms with Crippen molar-refractivity contribution in [1.29, 1.82) is 0 Å². The van der Waals surface area contributed by atoms with Crippen LogP contribution in [0, 0.1) is 11.7 Å². The smallest absolute Gasteiger partial charge is 0.335 e. The molecule has 0 unspecified atom stereocenters. The first-order valence-electron chi connectivity index (χ1n) is 7.12. The lowest BCUT2D eigenvalue weighted by Gasteiger charge is -2.04. The van der Waals surface area contributed by atoms with Crippen LogP contribution >= 0.6 is 11.6 Å². The number of carbonyl (C=O) groups excluding carboxylic acids is 1. The van der Waals surface area contributed by atoms with Crippen LogP contribution in [-0.2, 0) is 26.9 Å². The molecule has 1 heterocycles. The fraction of sp³-hybridized carbons (Fsp3) is 0.357. The van der Waals surface area contributed by atoms with Crippen molar-refractivity contribution in [2.24, 2.45) is 5.92 Å². The highest BCUT2D eigenvalue weighted by molar-refractivity contribution is 7.90. The largest absolute Gasteiger partial charge is 0.411 e. The summed E-state index contributed by atoms with van der Waals surface area (Å²) in [4.78, 5) is 11.5. The molecular formula is C14H13ClFN3O4S. The standard InChI is InChI=1S/C14H13ClFN3O4S/c15-10-2-1-3-11(16)9(10)7-24(21,22)14-19-18-12(23-14)6-17-13(20)8-4-5-8/h1-3,8H,4-7H2,(H,17,20). The Morgan fingerprint density at radius 3 is 2.79 bits per heavy atom. The van der Waals surface area contributed by atoms with E-state index in [1.54, 1.807) is 0 Å². The SMILES string of the molecule is O=C(NCc1nnc(S(=O)(=O)Cc2c(F)cccc2Cl)o1)C1CC1. The number of halogens is 2. The molecule has 1 amide bonds. The summed E-state index contributed by atoms with van der Waals surface area (Å²) in [6, 6.07) is 3.88. The van der Waals surface area contributed by atoms with Crippen LogP contribution in [0.15, 0.2) is 27.8 Å². The first-order chi connectivity index (χ1) is 11.4. The molecule has 0 bridgehead atoms. The van der Waals surface area contributed by atoms with E-state index in [2.05, 4.69) is 15.5 Å². The number of hydrogen-bond donors (Lipinski definition) is 1. The molecule has 24 heavy (non-hydrogen) atoms. The first kappa shape index (κ1) is 16.8. The molecule has 0 aliphatic heterocycles. The van der Waals surface area contributed by atoms with Crippen molar-refractivity contribution >= 4 is 27.3 Å². The first-order valence-corrected chi connectivity index (χ1v) is 9.15. The number of nitrogens with one attached hydrogen (secondary N) is 1. The summed E-state index contributed by atoms with van der Waals surface area (Å²) in [6.45, 7) is -0.0572. The van der Waals surface area contributed by atoms with Gasteiger partial charge in [-0.3, -0.25) is 4.79 Å². The lowest BCUT2D eigenvalue weighted by molar-refractivity contribution is -0.122. The van der Waals surface area contributed by atoms with Gasteiger partial charge in [0.25, 0.3) is 0 Å². The Morgan fingerprint density at radius 1 is 1.38 bits per heavy atom. The second-order valence-corrected chi connectivity index (χ2v) is 7.69. The second-order valence-electron chi connectivity index (χ2n) is 5.41. The number of hydrogen-bond acceptors (Lipinski definition) is 6. The van der Waals surface area contributed by atoms with Crippen molar-refractivity contribution < 1.29 is 22.0 Å². The third-order valence-corrected chi connectivity index (χ3v) is 5.19. The van der Waals surface area contributed by atoms with Gasteiger partial charge in [-0.1, -0.05) is 22.8 Å². The Bertz CT molecular complexity index is 860. The number of carbonyl (C=O) groups is 1. The molecule has 1 aliphatic rings. The predicted molar refractivity (Wildman–Crippen MR) is 81.2 cm³/mol. The van der Waals surface area contributed by atoms with Gasteiger partial charge in [-0.2, -0.15) is 0 Å². The molecule has 1 aliphatic carbocycles. The number of rotatable bonds is 6. The molecule has 1 N–H and O–H groups in total. The van der Waals surface area contributed by atoms with E-state index in [4.69, 9.17) is 16.0 Å². The molecule has 1 aromatic heterocycles. The van der Waals surface area contributed by atoms with E-state index in [1.165, 1.54) is 12.1 Å². The van der Waals surface area contributed by atoms with Crippen LogP contribution in [0.2, 0.25) is 5.02 Å². The highest BCUT2D eigenvalue weighted by Gasteiger charge is 2.30. The summed E-state index contributed by atoms with van der Waals surface area (Å²) >= 11 is 5.83. The topological polar surface area (TPSA) is 102 Å². The van der Waals surface area contributed by atoms with Gasteiger partial charge in [0.05, 0.1) is 12.3 Å². The van der Waals surface area contributed by atoms with E-state index in [0.29, 0.717) is 0 Å². The van der Waals surface area contributed by atoms with Gasteiger partial charge in [0.1, 0.15) is 5.82 Å². The molecule has 0 atom stereocenters. The quantitative estimate of drug-likeness (QED) is 0.829.